The number of fused-ring (bicyclic) bond motifs is 1. The smallest absolute Gasteiger partial charge is 0.150 e. The van der Waals surface area contributed by atoms with Gasteiger partial charge in [0.2, 0.25) is 0 Å². The summed E-state index contributed by atoms with van der Waals surface area (Å²) in [7, 11) is 6.15. The zero-order chi connectivity index (χ0) is 24.1. The van der Waals surface area contributed by atoms with Crippen molar-refractivity contribution in [3.05, 3.63) is 78.9 Å². The Morgan fingerprint density at radius 1 is 0.909 bits per heavy atom. The van der Waals surface area contributed by atoms with Gasteiger partial charge in [0.1, 0.15) is 12.6 Å². The van der Waals surface area contributed by atoms with Gasteiger partial charge >= 0.3 is 0 Å². The molecule has 0 spiro atoms. The molecule has 33 heavy (non-hydrogen) atoms. The molecule has 4 rings (SSSR count). The highest BCUT2D eigenvalue weighted by Gasteiger charge is 2.13. The van der Waals surface area contributed by atoms with Crippen molar-refractivity contribution in [1.29, 1.82) is 0 Å². The fraction of sp³-hybridized carbons (Fsp3) is 0.286. The first kappa shape index (κ1) is 26.0. The van der Waals surface area contributed by atoms with Crippen molar-refractivity contribution in [3.63, 3.8) is 0 Å². The Morgan fingerprint density at radius 2 is 1.58 bits per heavy atom. The number of nitrogens with zero attached hydrogens (tertiary/aromatic N) is 1. The van der Waals surface area contributed by atoms with E-state index in [9.17, 15) is 4.79 Å². The lowest BCUT2D eigenvalue weighted by atomic mass is 10.00. The number of anilines is 1. The van der Waals surface area contributed by atoms with Crippen LogP contribution in [0.25, 0.3) is 21.9 Å². The highest BCUT2D eigenvalue weighted by molar-refractivity contribution is 5.92. The molecule has 3 aromatic carbocycles. The zero-order valence-corrected chi connectivity index (χ0v) is 19.9. The molecule has 0 amide bonds. The predicted molar refractivity (Wildman–Crippen MR) is 140 cm³/mol. The van der Waals surface area contributed by atoms with Crippen LogP contribution in [-0.4, -0.2) is 57.7 Å². The minimum atomic E-state index is 0.639. The molecule has 174 valence electrons. The molecule has 0 radical (unpaired) electrons. The molecule has 0 atom stereocenters. The van der Waals surface area contributed by atoms with Crippen molar-refractivity contribution in [2.24, 2.45) is 0 Å². The monoisotopic (exact) mass is 445 g/mol. The summed E-state index contributed by atoms with van der Waals surface area (Å²) in [4.78, 5) is 22.3. The second kappa shape index (κ2) is 14.0. The third-order valence-corrected chi connectivity index (χ3v) is 5.71. The number of carbonyl (C=O) groups excluding carboxylic acids is 2. The van der Waals surface area contributed by atoms with Gasteiger partial charge in [-0.1, -0.05) is 43.0 Å². The summed E-state index contributed by atoms with van der Waals surface area (Å²) in [5.41, 5.74) is 4.11. The van der Waals surface area contributed by atoms with Crippen molar-refractivity contribution < 1.29 is 9.59 Å². The molecule has 0 unspecified atom stereocenters. The van der Waals surface area contributed by atoms with Gasteiger partial charge in [-0.2, -0.15) is 0 Å². The quantitative estimate of drug-likeness (QED) is 0.426. The minimum absolute atomic E-state index is 0.639. The van der Waals surface area contributed by atoms with Gasteiger partial charge in [-0.25, -0.2) is 0 Å². The summed E-state index contributed by atoms with van der Waals surface area (Å²) in [6.45, 7) is 5.62. The van der Waals surface area contributed by atoms with E-state index >= 15 is 0 Å². The molecule has 0 saturated carbocycles. The van der Waals surface area contributed by atoms with E-state index < -0.39 is 0 Å². The first-order chi connectivity index (χ1) is 16.0. The van der Waals surface area contributed by atoms with Crippen molar-refractivity contribution in [1.82, 2.24) is 10.2 Å². The molecule has 5 heteroatoms. The van der Waals surface area contributed by atoms with Crippen molar-refractivity contribution in [2.75, 3.05) is 39.5 Å². The Hall–Kier alpha value is -3.28. The molecule has 3 aromatic rings. The normalized spacial score (nSPS) is 13.7. The van der Waals surface area contributed by atoms with Gasteiger partial charge in [0.15, 0.2) is 0 Å². The summed E-state index contributed by atoms with van der Waals surface area (Å²) in [6.07, 6.45) is 5.34. The molecule has 1 aliphatic heterocycles. The molecule has 1 saturated heterocycles. The standard InChI is InChI=1S/C18H15NO.C7H16N2.C3H4O/c1-19-18-4-2-3-15(11-18)16-8-7-14-6-5-13(12-20)9-17(14)10-16;1-8-7-3-5-9(2)6-4-7;1-2-3-4/h2-12,19H,1H3;7-8H,3-6H2,1-2H3;2-3H,1H2. The average Bonchev–Trinajstić information content (AvgIpc) is 2.89. The Bertz CT molecular complexity index is 1030. The molecule has 2 N–H and O–H groups in total. The largest absolute Gasteiger partial charge is 0.388 e. The van der Waals surface area contributed by atoms with E-state index in [4.69, 9.17) is 4.79 Å². The molecule has 1 aliphatic rings. The number of aldehydes is 2. The topological polar surface area (TPSA) is 61.4 Å². The van der Waals surface area contributed by atoms with E-state index in [1.807, 2.05) is 37.4 Å². The van der Waals surface area contributed by atoms with E-state index in [0.717, 1.165) is 39.9 Å². The van der Waals surface area contributed by atoms with Crippen LogP contribution in [0.1, 0.15) is 23.2 Å². The number of allylic oxidation sites excluding steroid dienone is 1. The fourth-order valence-corrected chi connectivity index (χ4v) is 3.67. The van der Waals surface area contributed by atoms with Crippen LogP contribution in [-0.2, 0) is 4.79 Å². The average molecular weight is 446 g/mol. The van der Waals surface area contributed by atoms with E-state index in [1.165, 1.54) is 32.0 Å². The summed E-state index contributed by atoms with van der Waals surface area (Å²) >= 11 is 0. The molecular weight excluding hydrogens is 410 g/mol. The third-order valence-electron chi connectivity index (χ3n) is 5.71. The van der Waals surface area contributed by atoms with Gasteiger partial charge in [0, 0.05) is 24.3 Å². The van der Waals surface area contributed by atoms with Crippen LogP contribution in [0.5, 0.6) is 0 Å². The van der Waals surface area contributed by atoms with E-state index in [0.29, 0.717) is 11.8 Å². The lowest BCUT2D eigenvalue weighted by molar-refractivity contribution is -0.104. The Kier molecular flexibility index (Phi) is 11.0. The number of nitrogens with one attached hydrogen (secondary N) is 2. The number of likely N-dealkylation sites (tertiary alicyclic amines) is 1. The van der Waals surface area contributed by atoms with Crippen molar-refractivity contribution >= 4 is 29.0 Å². The van der Waals surface area contributed by atoms with Gasteiger partial charge in [0.05, 0.1) is 0 Å². The molecule has 0 aliphatic carbocycles. The summed E-state index contributed by atoms with van der Waals surface area (Å²) in [6, 6.07) is 21.1. The van der Waals surface area contributed by atoms with Crippen LogP contribution in [0.4, 0.5) is 5.69 Å². The summed E-state index contributed by atoms with van der Waals surface area (Å²) in [5.74, 6) is 0. The number of carbonyl (C=O) groups is 2. The Labute approximate surface area is 197 Å². The molecule has 0 aromatic heterocycles. The number of hydrogen-bond acceptors (Lipinski definition) is 5. The predicted octanol–water partition coefficient (Wildman–Crippen LogP) is 5.03. The first-order valence-corrected chi connectivity index (χ1v) is 11.2. The van der Waals surface area contributed by atoms with Gasteiger partial charge in [-0.15, -0.1) is 0 Å². The second-order valence-corrected chi connectivity index (χ2v) is 8.01. The summed E-state index contributed by atoms with van der Waals surface area (Å²) < 4.78 is 0. The van der Waals surface area contributed by atoms with Gasteiger partial charge in [-0.3, -0.25) is 9.59 Å². The maximum absolute atomic E-state index is 10.9. The molecule has 5 nitrogen and oxygen atoms in total. The lowest BCUT2D eigenvalue weighted by Crippen LogP contribution is -2.39. The first-order valence-electron chi connectivity index (χ1n) is 11.2. The number of benzene rings is 3. The second-order valence-electron chi connectivity index (χ2n) is 8.01. The van der Waals surface area contributed by atoms with Crippen LogP contribution >= 0.6 is 0 Å². The van der Waals surface area contributed by atoms with Crippen molar-refractivity contribution in [3.8, 4) is 11.1 Å². The number of piperidine rings is 1. The number of hydrogen-bond donors (Lipinski definition) is 2. The van der Waals surface area contributed by atoms with Crippen LogP contribution in [0, 0.1) is 0 Å². The van der Waals surface area contributed by atoms with Crippen LogP contribution in [0.15, 0.2) is 73.3 Å². The Morgan fingerprint density at radius 3 is 2.18 bits per heavy atom. The highest BCUT2D eigenvalue weighted by atomic mass is 16.1. The third kappa shape index (κ3) is 8.29. The van der Waals surface area contributed by atoms with Crippen LogP contribution in [0.2, 0.25) is 0 Å². The van der Waals surface area contributed by atoms with Gasteiger partial charge in [0.25, 0.3) is 0 Å². The summed E-state index contributed by atoms with van der Waals surface area (Å²) in [5, 5.41) is 8.67. The van der Waals surface area contributed by atoms with Gasteiger partial charge in [-0.05, 0) is 92.3 Å². The molecular formula is C28H35N3O2. The maximum Gasteiger partial charge on any atom is 0.150 e. The zero-order valence-electron chi connectivity index (χ0n) is 19.9. The molecule has 1 fully saturated rings. The van der Waals surface area contributed by atoms with E-state index in [-0.39, 0.29) is 0 Å². The van der Waals surface area contributed by atoms with E-state index in [1.54, 1.807) is 0 Å². The van der Waals surface area contributed by atoms with Gasteiger partial charge < -0.3 is 15.5 Å². The van der Waals surface area contributed by atoms with E-state index in [2.05, 4.69) is 66.5 Å². The minimum Gasteiger partial charge on any atom is -0.388 e. The molecule has 0 bridgehead atoms. The Balaban J connectivity index is 0.000000246. The van der Waals surface area contributed by atoms with Crippen LogP contribution < -0.4 is 10.6 Å². The number of rotatable bonds is 5. The van der Waals surface area contributed by atoms with Crippen LogP contribution in [0.3, 0.4) is 0 Å². The molecule has 1 heterocycles. The maximum atomic E-state index is 10.9. The lowest BCUT2D eigenvalue weighted by Gasteiger charge is -2.28. The highest BCUT2D eigenvalue weighted by Crippen LogP contribution is 2.26. The fourth-order valence-electron chi connectivity index (χ4n) is 3.67. The SMILES string of the molecule is C=CC=O.CNC1CCN(C)CC1.CNc1cccc(-c2ccc3ccc(C=O)cc3c2)c1. The van der Waals surface area contributed by atoms with Crippen molar-refractivity contribution in [2.45, 2.75) is 18.9 Å².